The van der Waals surface area contributed by atoms with Crippen molar-refractivity contribution in [1.82, 2.24) is 4.90 Å². The molecule has 3 heteroatoms. The zero-order valence-corrected chi connectivity index (χ0v) is 9.86. The summed E-state index contributed by atoms with van der Waals surface area (Å²) in [5, 5.41) is 8.53. The molecule has 0 aromatic heterocycles. The van der Waals surface area contributed by atoms with Crippen LogP contribution in [0.5, 0.6) is 0 Å². The minimum atomic E-state index is -0.877. The molecular weight excluding hydrogens is 190 g/mol. The van der Waals surface area contributed by atoms with E-state index in [4.69, 9.17) is 5.11 Å². The van der Waals surface area contributed by atoms with Crippen molar-refractivity contribution in [2.24, 2.45) is 5.41 Å². The van der Waals surface area contributed by atoms with Crippen molar-refractivity contribution in [2.75, 3.05) is 7.05 Å². The molecule has 0 spiro atoms. The molecule has 1 N–H and O–H groups in total. The number of carboxylic acids is 1. The second-order valence-corrected chi connectivity index (χ2v) is 5.21. The van der Waals surface area contributed by atoms with Gasteiger partial charge in [0, 0.05) is 25.4 Å². The summed E-state index contributed by atoms with van der Waals surface area (Å²) in [5.41, 5.74) is 0.466. The minimum absolute atomic E-state index is 0.466. The standard InChI is InChI=1S/C12H21NO2/c1-12(2)7-4-10(5-8-12)13(3)9-6-11(14)15/h6,9-10H,4-5,7-8H2,1-3H3,(H,14,15). The van der Waals surface area contributed by atoms with Crippen LogP contribution in [0.4, 0.5) is 0 Å². The molecule has 0 saturated heterocycles. The van der Waals surface area contributed by atoms with Gasteiger partial charge in [0.05, 0.1) is 0 Å². The highest BCUT2D eigenvalue weighted by Gasteiger charge is 2.27. The number of carbonyl (C=O) groups is 1. The first-order chi connectivity index (χ1) is 6.91. The predicted octanol–water partition coefficient (Wildman–Crippen LogP) is 2.49. The first-order valence-electron chi connectivity index (χ1n) is 5.54. The third kappa shape index (κ3) is 3.94. The Morgan fingerprint density at radius 1 is 1.40 bits per heavy atom. The number of rotatable bonds is 3. The molecule has 0 atom stereocenters. The molecule has 0 heterocycles. The maximum Gasteiger partial charge on any atom is 0.329 e. The third-order valence-corrected chi connectivity index (χ3v) is 3.34. The van der Waals surface area contributed by atoms with E-state index in [1.54, 1.807) is 6.20 Å². The van der Waals surface area contributed by atoms with Gasteiger partial charge in [-0.2, -0.15) is 0 Å². The van der Waals surface area contributed by atoms with Crippen molar-refractivity contribution in [3.05, 3.63) is 12.3 Å². The lowest BCUT2D eigenvalue weighted by molar-refractivity contribution is -0.131. The van der Waals surface area contributed by atoms with Crippen molar-refractivity contribution >= 4 is 5.97 Å². The summed E-state index contributed by atoms with van der Waals surface area (Å²) in [5.74, 6) is -0.877. The number of nitrogens with zero attached hydrogens (tertiary/aromatic N) is 1. The van der Waals surface area contributed by atoms with Crippen molar-refractivity contribution < 1.29 is 9.90 Å². The fourth-order valence-corrected chi connectivity index (χ4v) is 2.09. The van der Waals surface area contributed by atoms with Gasteiger partial charge in [0.25, 0.3) is 0 Å². The summed E-state index contributed by atoms with van der Waals surface area (Å²) in [6.07, 6.45) is 7.65. The summed E-state index contributed by atoms with van der Waals surface area (Å²) in [7, 11) is 1.96. The SMILES string of the molecule is CN(C=CC(=O)O)C1CCC(C)(C)CC1. The largest absolute Gasteiger partial charge is 0.478 e. The van der Waals surface area contributed by atoms with Crippen molar-refractivity contribution in [3.63, 3.8) is 0 Å². The van der Waals surface area contributed by atoms with Crippen LogP contribution < -0.4 is 0 Å². The normalized spacial score (nSPS) is 21.8. The highest BCUT2D eigenvalue weighted by atomic mass is 16.4. The number of hydrogen-bond acceptors (Lipinski definition) is 2. The molecule has 0 radical (unpaired) electrons. The maximum absolute atomic E-state index is 10.4. The van der Waals surface area contributed by atoms with Gasteiger partial charge >= 0.3 is 5.97 Å². The van der Waals surface area contributed by atoms with E-state index in [1.807, 2.05) is 11.9 Å². The summed E-state index contributed by atoms with van der Waals surface area (Å²) >= 11 is 0. The predicted molar refractivity (Wildman–Crippen MR) is 60.6 cm³/mol. The van der Waals surface area contributed by atoms with Crippen LogP contribution >= 0.6 is 0 Å². The average molecular weight is 211 g/mol. The molecule has 86 valence electrons. The molecular formula is C12H21NO2. The van der Waals surface area contributed by atoms with E-state index in [0.717, 1.165) is 12.8 Å². The van der Waals surface area contributed by atoms with Crippen molar-refractivity contribution in [3.8, 4) is 0 Å². The zero-order valence-electron chi connectivity index (χ0n) is 9.86. The van der Waals surface area contributed by atoms with Gasteiger partial charge in [0.2, 0.25) is 0 Å². The highest BCUT2D eigenvalue weighted by Crippen LogP contribution is 2.36. The molecule has 0 aromatic rings. The Kier molecular flexibility index (Phi) is 3.77. The zero-order chi connectivity index (χ0) is 11.5. The van der Waals surface area contributed by atoms with Crippen LogP contribution in [0.1, 0.15) is 39.5 Å². The molecule has 0 aliphatic heterocycles. The topological polar surface area (TPSA) is 40.5 Å². The Bertz CT molecular complexity index is 248. The quantitative estimate of drug-likeness (QED) is 0.729. The molecule has 3 nitrogen and oxygen atoms in total. The lowest BCUT2D eigenvalue weighted by Gasteiger charge is -2.38. The first kappa shape index (κ1) is 12.1. The second kappa shape index (κ2) is 4.69. The van der Waals surface area contributed by atoms with E-state index in [2.05, 4.69) is 13.8 Å². The van der Waals surface area contributed by atoms with E-state index in [9.17, 15) is 4.79 Å². The monoisotopic (exact) mass is 211 g/mol. The van der Waals surface area contributed by atoms with Crippen LogP contribution in [0.2, 0.25) is 0 Å². The van der Waals surface area contributed by atoms with E-state index in [1.165, 1.54) is 18.9 Å². The highest BCUT2D eigenvalue weighted by molar-refractivity contribution is 5.79. The van der Waals surface area contributed by atoms with E-state index < -0.39 is 5.97 Å². The van der Waals surface area contributed by atoms with Gasteiger partial charge in [0.15, 0.2) is 0 Å². The van der Waals surface area contributed by atoms with E-state index in [-0.39, 0.29) is 0 Å². The maximum atomic E-state index is 10.4. The molecule has 0 unspecified atom stereocenters. The smallest absolute Gasteiger partial charge is 0.329 e. The molecule has 1 fully saturated rings. The summed E-state index contributed by atoms with van der Waals surface area (Å²) in [6.45, 7) is 4.60. The molecule has 0 bridgehead atoms. The average Bonchev–Trinajstić information content (AvgIpc) is 2.14. The molecule has 1 saturated carbocycles. The van der Waals surface area contributed by atoms with Crippen LogP contribution in [0, 0.1) is 5.41 Å². The Labute approximate surface area is 91.8 Å². The number of carboxylic acid groups (broad SMARTS) is 1. The fraction of sp³-hybridized carbons (Fsp3) is 0.750. The lowest BCUT2D eigenvalue weighted by atomic mass is 9.75. The molecule has 0 amide bonds. The van der Waals surface area contributed by atoms with Gasteiger partial charge < -0.3 is 10.0 Å². The Hall–Kier alpha value is -0.990. The van der Waals surface area contributed by atoms with E-state index >= 15 is 0 Å². The molecule has 1 aliphatic rings. The van der Waals surface area contributed by atoms with Gasteiger partial charge in [-0.1, -0.05) is 13.8 Å². The Morgan fingerprint density at radius 2 is 1.93 bits per heavy atom. The lowest BCUT2D eigenvalue weighted by Crippen LogP contribution is -2.34. The van der Waals surface area contributed by atoms with Gasteiger partial charge in [-0.05, 0) is 31.1 Å². The van der Waals surface area contributed by atoms with Gasteiger partial charge in [-0.25, -0.2) is 4.79 Å². The summed E-state index contributed by atoms with van der Waals surface area (Å²) in [6, 6.07) is 0.508. The molecule has 0 aromatic carbocycles. The number of aliphatic carboxylic acids is 1. The Balaban J connectivity index is 2.43. The Morgan fingerprint density at radius 3 is 2.40 bits per heavy atom. The molecule has 1 aliphatic carbocycles. The van der Waals surface area contributed by atoms with E-state index in [0.29, 0.717) is 11.5 Å². The van der Waals surface area contributed by atoms with Crippen LogP contribution in [0.25, 0.3) is 0 Å². The van der Waals surface area contributed by atoms with Gasteiger partial charge in [-0.3, -0.25) is 0 Å². The van der Waals surface area contributed by atoms with Gasteiger partial charge in [-0.15, -0.1) is 0 Å². The van der Waals surface area contributed by atoms with Crippen LogP contribution in [-0.2, 0) is 4.79 Å². The summed E-state index contributed by atoms with van der Waals surface area (Å²) < 4.78 is 0. The molecule has 1 rings (SSSR count). The number of hydrogen-bond donors (Lipinski definition) is 1. The van der Waals surface area contributed by atoms with Gasteiger partial charge in [0.1, 0.15) is 0 Å². The summed E-state index contributed by atoms with van der Waals surface area (Å²) in [4.78, 5) is 12.4. The third-order valence-electron chi connectivity index (χ3n) is 3.34. The fourth-order valence-electron chi connectivity index (χ4n) is 2.09. The van der Waals surface area contributed by atoms with Crippen LogP contribution in [0.3, 0.4) is 0 Å². The van der Waals surface area contributed by atoms with Crippen molar-refractivity contribution in [1.29, 1.82) is 0 Å². The van der Waals surface area contributed by atoms with Crippen LogP contribution in [-0.4, -0.2) is 29.1 Å². The minimum Gasteiger partial charge on any atom is -0.478 e. The van der Waals surface area contributed by atoms with Crippen molar-refractivity contribution in [2.45, 2.75) is 45.6 Å². The second-order valence-electron chi connectivity index (χ2n) is 5.21. The first-order valence-corrected chi connectivity index (χ1v) is 5.54. The van der Waals surface area contributed by atoms with Crippen LogP contribution in [0.15, 0.2) is 12.3 Å². The molecule has 15 heavy (non-hydrogen) atoms.